The maximum Gasteiger partial charge on any atom is 0.00831 e. The topological polar surface area (TPSA) is 12.0 Å². The highest BCUT2D eigenvalue weighted by Gasteiger charge is 2.44. The summed E-state index contributed by atoms with van der Waals surface area (Å²) in [6.07, 6.45) is 6.88. The summed E-state index contributed by atoms with van der Waals surface area (Å²) in [5, 5.41) is 3.78. The van der Waals surface area contributed by atoms with Crippen molar-refractivity contribution >= 4 is 0 Å². The Kier molecular flexibility index (Phi) is 3.90. The number of nitrogens with one attached hydrogen (secondary N) is 1. The molecule has 2 saturated carbocycles. The number of hydrogen-bond donors (Lipinski definition) is 1. The molecule has 1 aromatic rings. The largest absolute Gasteiger partial charge is 0.313 e. The Bertz CT molecular complexity index is 435. The average Bonchev–Trinajstić information content (AvgIpc) is 3.22. The van der Waals surface area contributed by atoms with E-state index in [-0.39, 0.29) is 0 Å². The molecule has 0 heterocycles. The van der Waals surface area contributed by atoms with Gasteiger partial charge in [0.05, 0.1) is 0 Å². The molecule has 0 unspecified atom stereocenters. The Morgan fingerprint density at radius 2 is 1.80 bits per heavy atom. The van der Waals surface area contributed by atoms with Crippen LogP contribution in [0.3, 0.4) is 0 Å². The minimum absolute atomic E-state index is 0.429. The first kappa shape index (κ1) is 14.1. The van der Waals surface area contributed by atoms with Gasteiger partial charge in [-0.2, -0.15) is 0 Å². The lowest BCUT2D eigenvalue weighted by atomic mass is 9.57. The lowest BCUT2D eigenvalue weighted by Gasteiger charge is -2.48. The first-order valence-corrected chi connectivity index (χ1v) is 8.47. The summed E-state index contributed by atoms with van der Waals surface area (Å²) in [4.78, 5) is 0. The highest BCUT2D eigenvalue weighted by molar-refractivity contribution is 5.33. The fourth-order valence-corrected chi connectivity index (χ4v) is 3.66. The maximum atomic E-state index is 3.78. The maximum absolute atomic E-state index is 3.78. The van der Waals surface area contributed by atoms with Crippen LogP contribution in [0.5, 0.6) is 0 Å². The molecule has 0 saturated heterocycles. The van der Waals surface area contributed by atoms with E-state index in [1.54, 1.807) is 5.56 Å². The fourth-order valence-electron chi connectivity index (χ4n) is 3.66. The second kappa shape index (κ2) is 5.52. The van der Waals surface area contributed by atoms with Crippen LogP contribution in [0.25, 0.3) is 0 Å². The van der Waals surface area contributed by atoms with Gasteiger partial charge in [0.2, 0.25) is 0 Å². The third-order valence-electron chi connectivity index (χ3n) is 5.43. The van der Waals surface area contributed by atoms with Crippen molar-refractivity contribution in [3.8, 4) is 0 Å². The smallest absolute Gasteiger partial charge is 0.00831 e. The molecule has 20 heavy (non-hydrogen) atoms. The van der Waals surface area contributed by atoms with Gasteiger partial charge in [-0.15, -0.1) is 0 Å². The lowest BCUT2D eigenvalue weighted by molar-refractivity contribution is 0.133. The van der Waals surface area contributed by atoms with Gasteiger partial charge in [-0.05, 0) is 48.6 Å². The number of hydrogen-bond acceptors (Lipinski definition) is 1. The van der Waals surface area contributed by atoms with E-state index in [2.05, 4.69) is 50.4 Å². The van der Waals surface area contributed by atoms with E-state index in [1.807, 2.05) is 0 Å². The van der Waals surface area contributed by atoms with Gasteiger partial charge < -0.3 is 5.32 Å². The summed E-state index contributed by atoms with van der Waals surface area (Å²) in [5.74, 6) is 1.58. The Morgan fingerprint density at radius 1 is 1.15 bits per heavy atom. The second-order valence-electron chi connectivity index (χ2n) is 7.39. The molecule has 0 aromatic heterocycles. The molecule has 0 radical (unpaired) electrons. The molecule has 1 nitrogen and oxygen atoms in total. The first-order valence-electron chi connectivity index (χ1n) is 8.47. The Balaban J connectivity index is 1.74. The van der Waals surface area contributed by atoms with Crippen molar-refractivity contribution in [3.63, 3.8) is 0 Å². The minimum atomic E-state index is 0.429. The van der Waals surface area contributed by atoms with Crippen LogP contribution in [0.4, 0.5) is 0 Å². The van der Waals surface area contributed by atoms with Crippen molar-refractivity contribution < 1.29 is 0 Å². The summed E-state index contributed by atoms with van der Waals surface area (Å²) in [7, 11) is 0. The molecule has 0 amide bonds. The molecule has 2 aliphatic carbocycles. The monoisotopic (exact) mass is 271 g/mol. The highest BCUT2D eigenvalue weighted by atomic mass is 15.0. The van der Waals surface area contributed by atoms with Crippen LogP contribution >= 0.6 is 0 Å². The van der Waals surface area contributed by atoms with Gasteiger partial charge in [0.15, 0.2) is 0 Å². The van der Waals surface area contributed by atoms with Crippen molar-refractivity contribution in [2.75, 3.05) is 6.54 Å². The van der Waals surface area contributed by atoms with Gasteiger partial charge >= 0.3 is 0 Å². The van der Waals surface area contributed by atoms with Crippen LogP contribution < -0.4 is 5.32 Å². The van der Waals surface area contributed by atoms with E-state index in [9.17, 15) is 0 Å². The molecule has 2 fully saturated rings. The highest BCUT2D eigenvalue weighted by Crippen LogP contribution is 2.49. The normalized spacial score (nSPS) is 29.5. The van der Waals surface area contributed by atoms with Crippen LogP contribution in [-0.4, -0.2) is 12.6 Å². The fraction of sp³-hybridized carbons (Fsp3) is 0.684. The van der Waals surface area contributed by atoms with Gasteiger partial charge in [0, 0.05) is 18.0 Å². The third kappa shape index (κ3) is 2.79. The predicted molar refractivity (Wildman–Crippen MR) is 86.2 cm³/mol. The van der Waals surface area contributed by atoms with Gasteiger partial charge in [0.25, 0.3) is 0 Å². The molecule has 2 aliphatic rings. The van der Waals surface area contributed by atoms with Crippen molar-refractivity contribution in [3.05, 3.63) is 35.4 Å². The standard InChI is InChI=1S/C19H29N/c1-4-15-11-19(12-15,13-20-18-9-10-18)17-7-5-16(6-8-17)14(2)3/h5-8,14-15,18,20H,4,9-13H2,1-3H3. The van der Waals surface area contributed by atoms with Crippen molar-refractivity contribution in [1.29, 1.82) is 0 Å². The van der Waals surface area contributed by atoms with E-state index in [0.717, 1.165) is 12.0 Å². The number of rotatable bonds is 6. The molecule has 1 aromatic carbocycles. The SMILES string of the molecule is CCC1CC(CNC2CC2)(c2ccc(C(C)C)cc2)C1. The van der Waals surface area contributed by atoms with Crippen molar-refractivity contribution in [2.45, 2.75) is 70.3 Å². The van der Waals surface area contributed by atoms with Gasteiger partial charge in [-0.25, -0.2) is 0 Å². The van der Waals surface area contributed by atoms with E-state index in [1.165, 1.54) is 44.2 Å². The number of benzene rings is 1. The third-order valence-corrected chi connectivity index (χ3v) is 5.43. The zero-order chi connectivity index (χ0) is 14.2. The Labute approximate surface area is 124 Å². The molecule has 0 atom stereocenters. The van der Waals surface area contributed by atoms with E-state index in [0.29, 0.717) is 11.3 Å². The Morgan fingerprint density at radius 3 is 2.30 bits per heavy atom. The first-order chi connectivity index (χ1) is 9.63. The van der Waals surface area contributed by atoms with Crippen molar-refractivity contribution in [1.82, 2.24) is 5.32 Å². The quantitative estimate of drug-likeness (QED) is 0.796. The average molecular weight is 271 g/mol. The summed E-state index contributed by atoms with van der Waals surface area (Å²) in [6, 6.07) is 10.3. The molecular formula is C19H29N. The molecular weight excluding hydrogens is 242 g/mol. The summed E-state index contributed by atoms with van der Waals surface area (Å²) >= 11 is 0. The van der Waals surface area contributed by atoms with Gasteiger partial charge in [0.1, 0.15) is 0 Å². The summed E-state index contributed by atoms with van der Waals surface area (Å²) < 4.78 is 0. The molecule has 0 bridgehead atoms. The second-order valence-corrected chi connectivity index (χ2v) is 7.39. The Hall–Kier alpha value is -0.820. The van der Waals surface area contributed by atoms with Crippen LogP contribution in [0.1, 0.15) is 69.9 Å². The molecule has 0 spiro atoms. The van der Waals surface area contributed by atoms with E-state index >= 15 is 0 Å². The summed E-state index contributed by atoms with van der Waals surface area (Å²) in [5.41, 5.74) is 3.46. The molecule has 1 N–H and O–H groups in total. The predicted octanol–water partition coefficient (Wildman–Crippen LogP) is 4.62. The molecule has 110 valence electrons. The minimum Gasteiger partial charge on any atom is -0.313 e. The summed E-state index contributed by atoms with van der Waals surface area (Å²) in [6.45, 7) is 8.08. The van der Waals surface area contributed by atoms with E-state index < -0.39 is 0 Å². The van der Waals surface area contributed by atoms with Crippen LogP contribution in [0, 0.1) is 5.92 Å². The van der Waals surface area contributed by atoms with Crippen LogP contribution in [0.15, 0.2) is 24.3 Å². The van der Waals surface area contributed by atoms with Crippen LogP contribution in [0.2, 0.25) is 0 Å². The van der Waals surface area contributed by atoms with Gasteiger partial charge in [-0.3, -0.25) is 0 Å². The zero-order valence-electron chi connectivity index (χ0n) is 13.3. The van der Waals surface area contributed by atoms with Crippen LogP contribution in [-0.2, 0) is 5.41 Å². The van der Waals surface area contributed by atoms with Gasteiger partial charge in [-0.1, -0.05) is 51.5 Å². The molecule has 0 aliphatic heterocycles. The molecule has 1 heteroatoms. The molecule has 3 rings (SSSR count). The van der Waals surface area contributed by atoms with E-state index in [4.69, 9.17) is 0 Å². The zero-order valence-corrected chi connectivity index (χ0v) is 13.3. The van der Waals surface area contributed by atoms with Crippen molar-refractivity contribution in [2.24, 2.45) is 5.92 Å². The lowest BCUT2D eigenvalue weighted by Crippen LogP contribution is -2.49.